The minimum Gasteiger partial charge on any atom is -0.494 e. The molecular formula is C28H37NO. The molecule has 2 aromatic carbocycles. The lowest BCUT2D eigenvalue weighted by atomic mass is 9.67. The molecule has 2 atom stereocenters. The largest absolute Gasteiger partial charge is 0.494 e. The van der Waals surface area contributed by atoms with E-state index < -0.39 is 0 Å². The molecule has 0 radical (unpaired) electrons. The third-order valence-corrected chi connectivity index (χ3v) is 6.81. The van der Waals surface area contributed by atoms with Gasteiger partial charge in [-0.3, -0.25) is 0 Å². The van der Waals surface area contributed by atoms with Gasteiger partial charge in [0.1, 0.15) is 5.75 Å². The lowest BCUT2D eigenvalue weighted by Gasteiger charge is -2.35. The Kier molecular flexibility index (Phi) is 8.38. The maximum Gasteiger partial charge on any atom is 0.119 e. The standard InChI is InChI=1S/C28H37NO/c1-3-5-6-20-30-27-15-13-26(14-16-27)25-11-9-24(10-12-25)17-19-28(22-29)18-7-8-23(4-2)21-28/h9-16,23H,3-8,17-21H2,1-2H3. The Hall–Kier alpha value is -2.27. The lowest BCUT2D eigenvalue weighted by molar-refractivity contribution is 0.183. The molecule has 0 heterocycles. The Morgan fingerprint density at radius 1 is 1.00 bits per heavy atom. The number of ether oxygens (including phenoxy) is 1. The second kappa shape index (κ2) is 11.2. The van der Waals surface area contributed by atoms with Gasteiger partial charge in [-0.2, -0.15) is 5.26 Å². The second-order valence-corrected chi connectivity index (χ2v) is 9.04. The first-order valence-electron chi connectivity index (χ1n) is 11.9. The predicted molar refractivity (Wildman–Crippen MR) is 126 cm³/mol. The van der Waals surface area contributed by atoms with Gasteiger partial charge in [0.05, 0.1) is 18.1 Å². The van der Waals surface area contributed by atoms with E-state index in [1.807, 2.05) is 0 Å². The summed E-state index contributed by atoms with van der Waals surface area (Å²) in [4.78, 5) is 0. The van der Waals surface area contributed by atoms with Crippen molar-refractivity contribution in [3.63, 3.8) is 0 Å². The number of nitrogens with zero attached hydrogens (tertiary/aromatic N) is 1. The molecule has 1 aliphatic carbocycles. The lowest BCUT2D eigenvalue weighted by Crippen LogP contribution is -2.27. The van der Waals surface area contributed by atoms with Gasteiger partial charge >= 0.3 is 0 Å². The summed E-state index contributed by atoms with van der Waals surface area (Å²) >= 11 is 0. The molecule has 160 valence electrons. The first kappa shape index (κ1) is 22.4. The molecule has 0 N–H and O–H groups in total. The van der Waals surface area contributed by atoms with E-state index in [4.69, 9.17) is 4.74 Å². The smallest absolute Gasteiger partial charge is 0.119 e. The van der Waals surface area contributed by atoms with Crippen molar-refractivity contribution in [2.45, 2.75) is 78.1 Å². The summed E-state index contributed by atoms with van der Waals surface area (Å²) < 4.78 is 5.82. The third kappa shape index (κ3) is 6.11. The molecule has 1 fully saturated rings. The van der Waals surface area contributed by atoms with Gasteiger partial charge in [0.2, 0.25) is 0 Å². The van der Waals surface area contributed by atoms with E-state index in [2.05, 4.69) is 68.4 Å². The van der Waals surface area contributed by atoms with Crippen LogP contribution in [0.3, 0.4) is 0 Å². The minimum atomic E-state index is -0.107. The quantitative estimate of drug-likeness (QED) is 0.377. The number of benzene rings is 2. The number of hydrogen-bond acceptors (Lipinski definition) is 2. The highest BCUT2D eigenvalue weighted by Gasteiger charge is 2.35. The van der Waals surface area contributed by atoms with Crippen LogP contribution in [0.2, 0.25) is 0 Å². The van der Waals surface area contributed by atoms with Crippen LogP contribution in [0.1, 0.15) is 77.2 Å². The van der Waals surface area contributed by atoms with Crippen LogP contribution < -0.4 is 4.74 Å². The van der Waals surface area contributed by atoms with Crippen LogP contribution in [0.4, 0.5) is 0 Å². The zero-order chi connectivity index (χ0) is 21.2. The van der Waals surface area contributed by atoms with Crippen LogP contribution in [0.25, 0.3) is 11.1 Å². The molecule has 1 saturated carbocycles. The zero-order valence-electron chi connectivity index (χ0n) is 18.8. The average Bonchev–Trinajstić information content (AvgIpc) is 2.81. The third-order valence-electron chi connectivity index (χ3n) is 6.81. The maximum absolute atomic E-state index is 9.87. The topological polar surface area (TPSA) is 33.0 Å². The van der Waals surface area contributed by atoms with Gasteiger partial charge in [-0.15, -0.1) is 0 Å². The first-order valence-corrected chi connectivity index (χ1v) is 11.9. The van der Waals surface area contributed by atoms with Gasteiger partial charge in [-0.05, 0) is 66.8 Å². The van der Waals surface area contributed by atoms with Gasteiger partial charge in [0.25, 0.3) is 0 Å². The van der Waals surface area contributed by atoms with Crippen molar-refractivity contribution in [1.29, 1.82) is 5.26 Å². The van der Waals surface area contributed by atoms with Gasteiger partial charge in [-0.1, -0.05) is 82.3 Å². The number of aryl methyl sites for hydroxylation is 1. The fourth-order valence-electron chi connectivity index (χ4n) is 4.75. The fourth-order valence-corrected chi connectivity index (χ4v) is 4.75. The summed E-state index contributed by atoms with van der Waals surface area (Å²) in [5, 5.41) is 9.87. The van der Waals surface area contributed by atoms with Gasteiger partial charge in [0, 0.05) is 0 Å². The molecule has 2 unspecified atom stereocenters. The van der Waals surface area contributed by atoms with E-state index >= 15 is 0 Å². The molecule has 30 heavy (non-hydrogen) atoms. The van der Waals surface area contributed by atoms with Crippen molar-refractivity contribution in [3.05, 3.63) is 54.1 Å². The van der Waals surface area contributed by atoms with Crippen molar-refractivity contribution < 1.29 is 4.74 Å². The van der Waals surface area contributed by atoms with Crippen LogP contribution >= 0.6 is 0 Å². The van der Waals surface area contributed by atoms with E-state index in [1.54, 1.807) is 0 Å². The van der Waals surface area contributed by atoms with Crippen molar-refractivity contribution in [3.8, 4) is 22.9 Å². The normalized spacial score (nSPS) is 21.2. The fraction of sp³-hybridized carbons (Fsp3) is 0.536. The molecule has 3 rings (SSSR count). The van der Waals surface area contributed by atoms with Crippen LogP contribution in [-0.4, -0.2) is 6.61 Å². The van der Waals surface area contributed by atoms with Crippen molar-refractivity contribution >= 4 is 0 Å². The average molecular weight is 404 g/mol. The summed E-state index contributed by atoms with van der Waals surface area (Å²) in [6.07, 6.45) is 11.4. The maximum atomic E-state index is 9.87. The molecule has 1 aliphatic rings. The van der Waals surface area contributed by atoms with Crippen molar-refractivity contribution in [2.75, 3.05) is 6.61 Å². The molecule has 0 amide bonds. The Bertz CT molecular complexity index is 802. The zero-order valence-corrected chi connectivity index (χ0v) is 18.8. The Morgan fingerprint density at radius 2 is 1.70 bits per heavy atom. The highest BCUT2D eigenvalue weighted by atomic mass is 16.5. The summed E-state index contributed by atoms with van der Waals surface area (Å²) in [6.45, 7) is 5.27. The second-order valence-electron chi connectivity index (χ2n) is 9.04. The summed E-state index contributed by atoms with van der Waals surface area (Å²) in [7, 11) is 0. The molecular weight excluding hydrogens is 366 g/mol. The Morgan fingerprint density at radius 3 is 2.33 bits per heavy atom. The Balaban J connectivity index is 1.55. The van der Waals surface area contributed by atoms with E-state index in [0.29, 0.717) is 0 Å². The van der Waals surface area contributed by atoms with E-state index in [-0.39, 0.29) is 5.41 Å². The van der Waals surface area contributed by atoms with E-state index in [9.17, 15) is 5.26 Å². The highest BCUT2D eigenvalue weighted by Crippen LogP contribution is 2.43. The van der Waals surface area contributed by atoms with Crippen molar-refractivity contribution in [1.82, 2.24) is 0 Å². The minimum absolute atomic E-state index is 0.107. The van der Waals surface area contributed by atoms with Gasteiger partial charge in [0.15, 0.2) is 0 Å². The monoisotopic (exact) mass is 403 g/mol. The van der Waals surface area contributed by atoms with Gasteiger partial charge < -0.3 is 4.74 Å². The number of rotatable bonds is 10. The molecule has 2 aromatic rings. The van der Waals surface area contributed by atoms with Crippen molar-refractivity contribution in [2.24, 2.45) is 11.3 Å². The molecule has 2 nitrogen and oxygen atoms in total. The van der Waals surface area contributed by atoms with Crippen LogP contribution in [0.15, 0.2) is 48.5 Å². The predicted octanol–water partition coefficient (Wildman–Crippen LogP) is 7.97. The molecule has 0 bridgehead atoms. The SMILES string of the molecule is CCCCCOc1ccc(-c2ccc(CCC3(C#N)CCCC(CC)C3)cc2)cc1. The highest BCUT2D eigenvalue weighted by molar-refractivity contribution is 5.64. The Labute approximate surface area is 183 Å². The summed E-state index contributed by atoms with van der Waals surface area (Å²) in [6, 6.07) is 20.0. The van der Waals surface area contributed by atoms with E-state index in [1.165, 1.54) is 48.8 Å². The van der Waals surface area contributed by atoms with Crippen LogP contribution in [0.5, 0.6) is 5.75 Å². The number of hydrogen-bond donors (Lipinski definition) is 0. The molecule has 0 saturated heterocycles. The first-order chi connectivity index (χ1) is 14.7. The van der Waals surface area contributed by atoms with Crippen LogP contribution in [-0.2, 0) is 6.42 Å². The summed E-state index contributed by atoms with van der Waals surface area (Å²) in [5.74, 6) is 1.69. The number of nitriles is 1. The molecule has 0 aliphatic heterocycles. The molecule has 2 heteroatoms. The van der Waals surface area contributed by atoms with E-state index in [0.717, 1.165) is 50.4 Å². The number of unbranched alkanes of at least 4 members (excludes halogenated alkanes) is 2. The summed E-state index contributed by atoms with van der Waals surface area (Å²) in [5.41, 5.74) is 3.68. The van der Waals surface area contributed by atoms with Crippen LogP contribution in [0, 0.1) is 22.7 Å². The van der Waals surface area contributed by atoms with Gasteiger partial charge in [-0.25, -0.2) is 0 Å². The molecule has 0 spiro atoms. The molecule has 0 aromatic heterocycles.